The summed E-state index contributed by atoms with van der Waals surface area (Å²) in [7, 11) is 0. The van der Waals surface area contributed by atoms with E-state index >= 15 is 0 Å². The fourth-order valence-electron chi connectivity index (χ4n) is 2.98. The highest BCUT2D eigenvalue weighted by molar-refractivity contribution is 7.99. The molecule has 0 radical (unpaired) electrons. The number of hydrogen-bond acceptors (Lipinski definition) is 8. The van der Waals surface area contributed by atoms with Gasteiger partial charge in [0.1, 0.15) is 0 Å². The van der Waals surface area contributed by atoms with Crippen molar-refractivity contribution in [2.45, 2.75) is 18.2 Å². The smallest absolute Gasteiger partial charge is 0.233 e. The Morgan fingerprint density at radius 1 is 1.14 bits per heavy atom. The summed E-state index contributed by atoms with van der Waals surface area (Å²) in [6.07, 6.45) is 0. The van der Waals surface area contributed by atoms with E-state index in [1.54, 1.807) is 27.4 Å². The van der Waals surface area contributed by atoms with Gasteiger partial charge < -0.3 is 4.90 Å². The molecule has 0 spiro atoms. The van der Waals surface area contributed by atoms with Gasteiger partial charge in [0.2, 0.25) is 11.1 Å². The van der Waals surface area contributed by atoms with Gasteiger partial charge in [-0.25, -0.2) is 4.68 Å². The van der Waals surface area contributed by atoms with E-state index in [2.05, 4.69) is 32.6 Å². The maximum atomic E-state index is 12.6. The lowest BCUT2D eigenvalue weighted by atomic mass is 10.3. The summed E-state index contributed by atoms with van der Waals surface area (Å²) in [5, 5.41) is 14.5. The number of rotatable bonds is 7. The second-order valence-electron chi connectivity index (χ2n) is 6.35. The van der Waals surface area contributed by atoms with E-state index in [9.17, 15) is 4.79 Å². The molecule has 0 bridgehead atoms. The SMILES string of the molecule is O=C(CSc1nnnn1Cc1cccs1)N1CCN(Cc2ccc(Cl)s2)CC1. The van der Waals surface area contributed by atoms with E-state index in [0.29, 0.717) is 17.5 Å². The Morgan fingerprint density at radius 3 is 2.71 bits per heavy atom. The number of aromatic nitrogens is 4. The van der Waals surface area contributed by atoms with Crippen LogP contribution in [0.3, 0.4) is 0 Å². The topological polar surface area (TPSA) is 67.2 Å². The number of halogens is 1. The Balaban J connectivity index is 1.23. The molecule has 3 aromatic heterocycles. The summed E-state index contributed by atoms with van der Waals surface area (Å²) in [5.41, 5.74) is 0. The largest absolute Gasteiger partial charge is 0.339 e. The Labute approximate surface area is 180 Å². The van der Waals surface area contributed by atoms with Crippen LogP contribution in [-0.4, -0.2) is 67.8 Å². The van der Waals surface area contributed by atoms with Gasteiger partial charge in [-0.3, -0.25) is 9.69 Å². The molecule has 28 heavy (non-hydrogen) atoms. The van der Waals surface area contributed by atoms with Crippen LogP contribution in [0.25, 0.3) is 0 Å². The molecular weight excluding hydrogens is 436 g/mol. The van der Waals surface area contributed by atoms with Crippen molar-refractivity contribution < 1.29 is 4.79 Å². The second-order valence-corrected chi connectivity index (χ2v) is 10.1. The Kier molecular flexibility index (Phi) is 6.63. The molecule has 0 aromatic carbocycles. The van der Waals surface area contributed by atoms with Gasteiger partial charge in [0.25, 0.3) is 0 Å². The number of thioether (sulfide) groups is 1. The van der Waals surface area contributed by atoms with Crippen molar-refractivity contribution in [1.29, 1.82) is 0 Å². The van der Waals surface area contributed by atoms with Crippen LogP contribution in [0.15, 0.2) is 34.8 Å². The van der Waals surface area contributed by atoms with Crippen LogP contribution in [-0.2, 0) is 17.9 Å². The predicted octanol–water partition coefficient (Wildman–Crippen LogP) is 2.93. The third kappa shape index (κ3) is 5.12. The van der Waals surface area contributed by atoms with E-state index in [1.165, 1.54) is 21.5 Å². The average molecular weight is 455 g/mol. The minimum atomic E-state index is 0.134. The number of amides is 1. The van der Waals surface area contributed by atoms with Gasteiger partial charge in [0.15, 0.2) is 0 Å². The second kappa shape index (κ2) is 9.36. The lowest BCUT2D eigenvalue weighted by Crippen LogP contribution is -2.48. The monoisotopic (exact) mass is 454 g/mol. The van der Waals surface area contributed by atoms with Gasteiger partial charge in [-0.2, -0.15) is 0 Å². The normalized spacial score (nSPS) is 15.2. The van der Waals surface area contributed by atoms with E-state index in [4.69, 9.17) is 11.6 Å². The molecule has 0 aliphatic carbocycles. The number of thiophene rings is 2. The van der Waals surface area contributed by atoms with Gasteiger partial charge in [0, 0.05) is 42.5 Å². The molecule has 1 aliphatic rings. The maximum Gasteiger partial charge on any atom is 0.233 e. The lowest BCUT2D eigenvalue weighted by molar-refractivity contribution is -0.130. The van der Waals surface area contributed by atoms with Crippen molar-refractivity contribution in [2.75, 3.05) is 31.9 Å². The molecule has 4 heterocycles. The Bertz CT molecular complexity index is 904. The zero-order chi connectivity index (χ0) is 19.3. The minimum absolute atomic E-state index is 0.134. The molecule has 0 N–H and O–H groups in total. The summed E-state index contributed by atoms with van der Waals surface area (Å²) in [6, 6.07) is 8.06. The first-order valence-corrected chi connectivity index (χ1v) is 11.9. The summed E-state index contributed by atoms with van der Waals surface area (Å²) >= 11 is 10.7. The van der Waals surface area contributed by atoms with Crippen molar-refractivity contribution in [1.82, 2.24) is 30.0 Å². The summed E-state index contributed by atoms with van der Waals surface area (Å²) < 4.78 is 2.57. The third-order valence-electron chi connectivity index (χ3n) is 4.44. The fraction of sp³-hybridized carbons (Fsp3) is 0.412. The van der Waals surface area contributed by atoms with Gasteiger partial charge in [0.05, 0.1) is 16.6 Å². The molecule has 1 saturated heterocycles. The van der Waals surface area contributed by atoms with Crippen molar-refractivity contribution in [2.24, 2.45) is 0 Å². The van der Waals surface area contributed by atoms with Crippen LogP contribution in [0.5, 0.6) is 0 Å². The van der Waals surface area contributed by atoms with Crippen LogP contribution in [0.4, 0.5) is 0 Å². The van der Waals surface area contributed by atoms with Crippen LogP contribution >= 0.6 is 46.0 Å². The molecule has 1 aliphatic heterocycles. The number of carbonyl (C=O) groups excluding carboxylic acids is 1. The van der Waals surface area contributed by atoms with Crippen LogP contribution in [0.2, 0.25) is 4.34 Å². The molecule has 0 unspecified atom stereocenters. The van der Waals surface area contributed by atoms with E-state index in [1.807, 2.05) is 22.4 Å². The van der Waals surface area contributed by atoms with E-state index in [-0.39, 0.29) is 5.91 Å². The molecule has 3 aromatic rings. The first-order valence-electron chi connectivity index (χ1n) is 8.83. The van der Waals surface area contributed by atoms with E-state index in [0.717, 1.165) is 37.1 Å². The Morgan fingerprint density at radius 2 is 2.00 bits per heavy atom. The standard InChI is InChI=1S/C17H19ClN6OS3/c18-15-4-3-14(28-15)10-22-5-7-23(8-6-22)16(25)12-27-17-19-20-21-24(17)11-13-2-1-9-26-13/h1-4,9H,5-8,10-12H2. The predicted molar refractivity (Wildman–Crippen MR) is 113 cm³/mol. The van der Waals surface area contributed by atoms with Crippen molar-refractivity contribution >= 4 is 51.9 Å². The van der Waals surface area contributed by atoms with Gasteiger partial charge in [-0.05, 0) is 34.0 Å². The summed E-state index contributed by atoms with van der Waals surface area (Å²) in [4.78, 5) is 19.3. The van der Waals surface area contributed by atoms with Crippen molar-refractivity contribution in [3.63, 3.8) is 0 Å². The minimum Gasteiger partial charge on any atom is -0.339 e. The number of carbonyl (C=O) groups is 1. The van der Waals surface area contributed by atoms with Crippen molar-refractivity contribution in [3.8, 4) is 0 Å². The summed E-state index contributed by atoms with van der Waals surface area (Å²) in [6.45, 7) is 4.78. The molecule has 0 atom stereocenters. The average Bonchev–Trinajstić information content (AvgIpc) is 3.44. The quantitative estimate of drug-likeness (QED) is 0.511. The zero-order valence-corrected chi connectivity index (χ0v) is 18.2. The molecule has 1 amide bonds. The van der Waals surface area contributed by atoms with Crippen LogP contribution < -0.4 is 0 Å². The number of nitrogens with zero attached hydrogens (tertiary/aromatic N) is 6. The highest BCUT2D eigenvalue weighted by atomic mass is 35.5. The number of tetrazole rings is 1. The first kappa shape index (κ1) is 19.8. The fourth-order valence-corrected chi connectivity index (χ4v) is 5.57. The highest BCUT2D eigenvalue weighted by Gasteiger charge is 2.22. The van der Waals surface area contributed by atoms with Gasteiger partial charge in [-0.15, -0.1) is 27.8 Å². The highest BCUT2D eigenvalue weighted by Crippen LogP contribution is 2.23. The Hall–Kier alpha value is -1.46. The molecule has 148 valence electrons. The molecule has 7 nitrogen and oxygen atoms in total. The molecule has 4 rings (SSSR count). The number of hydrogen-bond donors (Lipinski definition) is 0. The van der Waals surface area contributed by atoms with Gasteiger partial charge >= 0.3 is 0 Å². The lowest BCUT2D eigenvalue weighted by Gasteiger charge is -2.34. The first-order chi connectivity index (χ1) is 13.7. The van der Waals surface area contributed by atoms with E-state index < -0.39 is 0 Å². The van der Waals surface area contributed by atoms with Crippen LogP contribution in [0, 0.1) is 0 Å². The van der Waals surface area contributed by atoms with Crippen LogP contribution in [0.1, 0.15) is 9.75 Å². The summed E-state index contributed by atoms with van der Waals surface area (Å²) in [5.74, 6) is 0.486. The third-order valence-corrected chi connectivity index (χ3v) is 7.46. The molecule has 1 fully saturated rings. The molecular formula is C17H19ClN6OS3. The maximum absolute atomic E-state index is 12.6. The van der Waals surface area contributed by atoms with Crippen molar-refractivity contribution in [3.05, 3.63) is 43.7 Å². The zero-order valence-electron chi connectivity index (χ0n) is 15.0. The molecule has 0 saturated carbocycles. The molecule has 11 heteroatoms. The van der Waals surface area contributed by atoms with Gasteiger partial charge in [-0.1, -0.05) is 29.4 Å². The number of piperazine rings is 1.